The van der Waals surface area contributed by atoms with E-state index in [-0.39, 0.29) is 11.2 Å². The largest absolute Gasteiger partial charge is 0.354 e. The van der Waals surface area contributed by atoms with E-state index in [0.717, 1.165) is 42.6 Å². The zero-order chi connectivity index (χ0) is 18.4. The summed E-state index contributed by atoms with van der Waals surface area (Å²) in [4.78, 5) is 25.9. The van der Waals surface area contributed by atoms with Crippen molar-refractivity contribution in [2.24, 2.45) is 0 Å². The number of pyridine rings is 2. The van der Waals surface area contributed by atoms with Gasteiger partial charge >= 0.3 is 0 Å². The molecular weight excluding hydrogens is 346 g/mol. The van der Waals surface area contributed by atoms with Crippen molar-refractivity contribution in [3.63, 3.8) is 0 Å². The van der Waals surface area contributed by atoms with E-state index in [4.69, 9.17) is 0 Å². The van der Waals surface area contributed by atoms with Gasteiger partial charge in [0, 0.05) is 50.7 Å². The molecule has 0 bridgehead atoms. The molecule has 0 saturated carbocycles. The summed E-state index contributed by atoms with van der Waals surface area (Å²) in [5, 5.41) is 3.70. The minimum atomic E-state index is -0.200. The first kappa shape index (κ1) is 18.7. The van der Waals surface area contributed by atoms with Crippen LogP contribution in [0.2, 0.25) is 0 Å². The number of carbonyl (C=O) groups is 1. The van der Waals surface area contributed by atoms with Crippen LogP contribution in [0.1, 0.15) is 12.5 Å². The molecule has 0 aromatic carbocycles. The minimum absolute atomic E-state index is 0.00818. The smallest absolute Gasteiger partial charge is 0.233 e. The van der Waals surface area contributed by atoms with Crippen molar-refractivity contribution in [1.29, 1.82) is 0 Å². The molecule has 0 aliphatic carbocycles. The number of nitrogens with zero attached hydrogens (tertiary/aromatic N) is 4. The van der Waals surface area contributed by atoms with Crippen LogP contribution in [-0.2, 0) is 11.3 Å². The number of nitrogens with one attached hydrogen (secondary N) is 1. The Kier molecular flexibility index (Phi) is 6.46. The number of carbonyl (C=O) groups excluding carboxylic acids is 1. The van der Waals surface area contributed by atoms with Crippen LogP contribution in [0.25, 0.3) is 0 Å². The lowest BCUT2D eigenvalue weighted by Gasteiger charge is -2.34. The highest BCUT2D eigenvalue weighted by Crippen LogP contribution is 2.21. The summed E-state index contributed by atoms with van der Waals surface area (Å²) in [6.45, 7) is 6.36. The van der Waals surface area contributed by atoms with Crippen LogP contribution in [0.3, 0.4) is 0 Å². The third-order valence-corrected chi connectivity index (χ3v) is 5.48. The first-order valence-corrected chi connectivity index (χ1v) is 9.74. The molecule has 2 aromatic rings. The second-order valence-electron chi connectivity index (χ2n) is 6.42. The fourth-order valence-corrected chi connectivity index (χ4v) is 3.68. The first-order chi connectivity index (χ1) is 12.6. The lowest BCUT2D eigenvalue weighted by Crippen LogP contribution is -2.45. The van der Waals surface area contributed by atoms with Gasteiger partial charge in [-0.25, -0.2) is 9.97 Å². The summed E-state index contributed by atoms with van der Waals surface area (Å²) in [5.41, 5.74) is 1.06. The van der Waals surface area contributed by atoms with Gasteiger partial charge in [0.25, 0.3) is 0 Å². The number of hydrogen-bond acceptors (Lipinski definition) is 6. The quantitative estimate of drug-likeness (QED) is 0.784. The van der Waals surface area contributed by atoms with Gasteiger partial charge in [-0.2, -0.15) is 0 Å². The molecule has 3 rings (SSSR count). The first-order valence-electron chi connectivity index (χ1n) is 8.86. The third kappa shape index (κ3) is 4.95. The molecule has 2 aromatic heterocycles. The van der Waals surface area contributed by atoms with E-state index in [9.17, 15) is 4.79 Å². The average molecular weight is 372 g/mol. The van der Waals surface area contributed by atoms with Gasteiger partial charge in [0.05, 0.1) is 10.3 Å². The molecule has 1 fully saturated rings. The SMILES string of the molecule is C[C@H](Sc1ccccn1)C(=O)NCc1cccnc1N1CCN(C)CC1. The topological polar surface area (TPSA) is 61.4 Å². The van der Waals surface area contributed by atoms with Gasteiger partial charge < -0.3 is 15.1 Å². The Morgan fingerprint density at radius 1 is 1.15 bits per heavy atom. The number of aromatic nitrogens is 2. The van der Waals surface area contributed by atoms with Crippen LogP contribution < -0.4 is 10.2 Å². The van der Waals surface area contributed by atoms with Gasteiger partial charge in [-0.15, -0.1) is 0 Å². The number of anilines is 1. The van der Waals surface area contributed by atoms with Crippen LogP contribution in [0.4, 0.5) is 5.82 Å². The summed E-state index contributed by atoms with van der Waals surface area (Å²) in [7, 11) is 2.14. The molecule has 1 aliphatic rings. The van der Waals surface area contributed by atoms with E-state index in [1.807, 2.05) is 43.5 Å². The average Bonchev–Trinajstić information content (AvgIpc) is 2.68. The number of piperazine rings is 1. The lowest BCUT2D eigenvalue weighted by molar-refractivity contribution is -0.120. The summed E-state index contributed by atoms with van der Waals surface area (Å²) < 4.78 is 0. The summed E-state index contributed by atoms with van der Waals surface area (Å²) in [6, 6.07) is 9.68. The molecule has 0 unspecified atom stereocenters. The monoisotopic (exact) mass is 371 g/mol. The zero-order valence-corrected chi connectivity index (χ0v) is 16.1. The second-order valence-corrected chi connectivity index (χ2v) is 7.78. The molecule has 7 heteroatoms. The van der Waals surface area contributed by atoms with Crippen molar-refractivity contribution in [1.82, 2.24) is 20.2 Å². The summed E-state index contributed by atoms with van der Waals surface area (Å²) in [6.07, 6.45) is 3.56. The number of amides is 1. The van der Waals surface area contributed by atoms with E-state index in [0.29, 0.717) is 6.54 Å². The fourth-order valence-electron chi connectivity index (χ4n) is 2.85. The zero-order valence-electron chi connectivity index (χ0n) is 15.3. The van der Waals surface area contributed by atoms with Gasteiger partial charge in [0.15, 0.2) is 0 Å². The Hall–Kier alpha value is -2.12. The van der Waals surface area contributed by atoms with Crippen molar-refractivity contribution in [3.05, 3.63) is 48.3 Å². The normalized spacial score (nSPS) is 16.3. The van der Waals surface area contributed by atoms with Crippen LogP contribution in [-0.4, -0.2) is 59.3 Å². The van der Waals surface area contributed by atoms with Gasteiger partial charge in [-0.1, -0.05) is 23.9 Å². The highest BCUT2D eigenvalue weighted by atomic mass is 32.2. The molecule has 3 heterocycles. The van der Waals surface area contributed by atoms with Gasteiger partial charge in [0.1, 0.15) is 5.82 Å². The number of thioether (sulfide) groups is 1. The van der Waals surface area contributed by atoms with Crippen molar-refractivity contribution in [3.8, 4) is 0 Å². The highest BCUT2D eigenvalue weighted by molar-refractivity contribution is 8.00. The third-order valence-electron chi connectivity index (χ3n) is 4.43. The molecule has 6 nitrogen and oxygen atoms in total. The molecule has 138 valence electrons. The van der Waals surface area contributed by atoms with Crippen molar-refractivity contribution in [2.45, 2.75) is 23.7 Å². The Morgan fingerprint density at radius 2 is 1.92 bits per heavy atom. The maximum absolute atomic E-state index is 12.5. The number of likely N-dealkylation sites (N-methyl/N-ethyl adjacent to an activating group) is 1. The molecule has 0 radical (unpaired) electrons. The number of rotatable bonds is 6. The fraction of sp³-hybridized carbons (Fsp3) is 0.421. The number of hydrogen-bond donors (Lipinski definition) is 1. The van der Waals surface area contributed by atoms with Crippen molar-refractivity contribution < 1.29 is 4.79 Å². The summed E-state index contributed by atoms with van der Waals surface area (Å²) in [5.74, 6) is 0.986. The summed E-state index contributed by atoms with van der Waals surface area (Å²) >= 11 is 1.46. The molecule has 1 N–H and O–H groups in total. The maximum atomic E-state index is 12.5. The van der Waals surface area contributed by atoms with Gasteiger partial charge in [-0.05, 0) is 32.2 Å². The molecule has 1 amide bonds. The van der Waals surface area contributed by atoms with Crippen LogP contribution in [0.5, 0.6) is 0 Å². The molecule has 1 saturated heterocycles. The molecular formula is C19H25N5OS. The van der Waals surface area contributed by atoms with E-state index < -0.39 is 0 Å². The van der Waals surface area contributed by atoms with Crippen LogP contribution >= 0.6 is 11.8 Å². The van der Waals surface area contributed by atoms with E-state index in [2.05, 4.69) is 32.1 Å². The lowest BCUT2D eigenvalue weighted by atomic mass is 10.2. The van der Waals surface area contributed by atoms with Crippen molar-refractivity contribution in [2.75, 3.05) is 38.1 Å². The van der Waals surface area contributed by atoms with E-state index in [1.165, 1.54) is 11.8 Å². The van der Waals surface area contributed by atoms with E-state index in [1.54, 1.807) is 6.20 Å². The Bertz CT molecular complexity index is 719. The molecule has 26 heavy (non-hydrogen) atoms. The predicted octanol–water partition coefficient (Wildman–Crippen LogP) is 2.03. The molecule has 1 aliphatic heterocycles. The maximum Gasteiger partial charge on any atom is 0.233 e. The van der Waals surface area contributed by atoms with E-state index >= 15 is 0 Å². The van der Waals surface area contributed by atoms with Gasteiger partial charge in [0.2, 0.25) is 5.91 Å². The Balaban J connectivity index is 1.58. The molecule has 1 atom stereocenters. The Morgan fingerprint density at radius 3 is 2.65 bits per heavy atom. The Labute approximate surface area is 159 Å². The highest BCUT2D eigenvalue weighted by Gasteiger charge is 2.19. The predicted molar refractivity (Wildman–Crippen MR) is 105 cm³/mol. The second kappa shape index (κ2) is 9.00. The van der Waals surface area contributed by atoms with Crippen LogP contribution in [0.15, 0.2) is 47.8 Å². The molecule has 0 spiro atoms. The minimum Gasteiger partial charge on any atom is -0.354 e. The van der Waals surface area contributed by atoms with Crippen molar-refractivity contribution >= 4 is 23.5 Å². The standard InChI is InChI=1S/C19H25N5OS/c1-15(26-17-7-3-4-8-20-17)19(25)22-14-16-6-5-9-21-18(16)24-12-10-23(2)11-13-24/h3-9,15H,10-14H2,1-2H3,(H,22,25)/t15-/m0/s1. The van der Waals surface area contributed by atoms with Crippen LogP contribution in [0, 0.1) is 0 Å². The van der Waals surface area contributed by atoms with Gasteiger partial charge in [-0.3, -0.25) is 4.79 Å².